The molecule has 0 atom stereocenters. The number of anilines is 2. The minimum atomic E-state index is -1.06. The van der Waals surface area contributed by atoms with Crippen molar-refractivity contribution < 1.29 is 8.78 Å². The molecule has 212 valence electrons. The van der Waals surface area contributed by atoms with E-state index in [0.29, 0.717) is 42.3 Å². The van der Waals surface area contributed by atoms with Crippen molar-refractivity contribution >= 4 is 51.7 Å². The lowest BCUT2D eigenvalue weighted by molar-refractivity contribution is 0.386. The van der Waals surface area contributed by atoms with E-state index in [4.69, 9.17) is 28.8 Å². The van der Waals surface area contributed by atoms with E-state index in [-0.39, 0.29) is 29.8 Å². The highest BCUT2D eigenvalue weighted by Gasteiger charge is 2.27. The fourth-order valence-electron chi connectivity index (χ4n) is 4.75. The number of aromatic nitrogens is 4. The molecule has 9 nitrogen and oxygen atoms in total. The molecule has 2 aromatic carbocycles. The number of benzene rings is 2. The van der Waals surface area contributed by atoms with Crippen molar-refractivity contribution in [2.45, 2.75) is 20.0 Å². The van der Waals surface area contributed by atoms with E-state index in [1.165, 1.54) is 17.7 Å². The maximum atomic E-state index is 13.8. The molecule has 3 heterocycles. The quantitative estimate of drug-likeness (QED) is 0.279. The van der Waals surface area contributed by atoms with Crippen LogP contribution in [-0.2, 0) is 20.1 Å². The lowest BCUT2D eigenvalue weighted by atomic mass is 10.2. The zero-order valence-electron chi connectivity index (χ0n) is 22.3. The second-order valence-electron chi connectivity index (χ2n) is 9.49. The van der Waals surface area contributed by atoms with Crippen LogP contribution in [0, 0.1) is 23.5 Å². The molecule has 0 unspecified atom stereocenters. The van der Waals surface area contributed by atoms with Crippen LogP contribution in [0.1, 0.15) is 12.5 Å². The summed E-state index contributed by atoms with van der Waals surface area (Å²) in [5, 5.41) is 4.39. The van der Waals surface area contributed by atoms with Crippen LogP contribution < -0.4 is 21.5 Å². The molecular weight excluding hydrogens is 572 g/mol. The SMILES string of the molecule is CC#CCn1c(N2CCN(C(=S)Nc3cccc(Cl)c3)CC2)nc2c1c(=O)n(Cc1ccc(F)c(F)c1)c(=O)n2C. The van der Waals surface area contributed by atoms with Gasteiger partial charge in [0.15, 0.2) is 27.9 Å². The summed E-state index contributed by atoms with van der Waals surface area (Å²) < 4.78 is 31.3. The molecule has 41 heavy (non-hydrogen) atoms. The second kappa shape index (κ2) is 11.7. The van der Waals surface area contributed by atoms with Gasteiger partial charge in [-0.15, -0.1) is 5.92 Å². The smallest absolute Gasteiger partial charge is 0.332 e. The maximum Gasteiger partial charge on any atom is 0.332 e. The maximum absolute atomic E-state index is 13.8. The summed E-state index contributed by atoms with van der Waals surface area (Å²) in [5.41, 5.74) is 0.288. The highest BCUT2D eigenvalue weighted by molar-refractivity contribution is 7.80. The van der Waals surface area contributed by atoms with Crippen molar-refractivity contribution in [2.75, 3.05) is 36.4 Å². The molecule has 0 bridgehead atoms. The van der Waals surface area contributed by atoms with Gasteiger partial charge < -0.3 is 15.1 Å². The number of hydrogen-bond acceptors (Lipinski definition) is 5. The van der Waals surface area contributed by atoms with Crippen LogP contribution in [0.15, 0.2) is 52.1 Å². The summed E-state index contributed by atoms with van der Waals surface area (Å²) in [7, 11) is 1.52. The van der Waals surface area contributed by atoms with Gasteiger partial charge in [-0.1, -0.05) is 29.7 Å². The van der Waals surface area contributed by atoms with Gasteiger partial charge in [-0.3, -0.25) is 18.5 Å². The molecule has 0 aliphatic carbocycles. The fraction of sp³-hybridized carbons (Fsp3) is 0.286. The minimum Gasteiger partial charge on any atom is -0.345 e. The number of piperazine rings is 1. The molecule has 1 aliphatic rings. The Labute approximate surface area is 244 Å². The lowest BCUT2D eigenvalue weighted by Gasteiger charge is -2.36. The van der Waals surface area contributed by atoms with Crippen molar-refractivity contribution in [3.8, 4) is 11.8 Å². The molecule has 0 saturated carbocycles. The Morgan fingerprint density at radius 2 is 1.83 bits per heavy atom. The first-order valence-electron chi connectivity index (χ1n) is 12.8. The number of fused-ring (bicyclic) bond motifs is 1. The summed E-state index contributed by atoms with van der Waals surface area (Å²) in [5.74, 6) is 4.28. The minimum absolute atomic E-state index is 0.176. The van der Waals surface area contributed by atoms with Gasteiger partial charge in [0, 0.05) is 43.9 Å². The molecule has 1 saturated heterocycles. The number of halogens is 3. The number of thiocarbonyl (C=S) groups is 1. The summed E-state index contributed by atoms with van der Waals surface area (Å²) in [4.78, 5) is 35.7. The van der Waals surface area contributed by atoms with Gasteiger partial charge >= 0.3 is 5.69 Å². The number of nitrogens with one attached hydrogen (secondary N) is 1. The number of aryl methyl sites for hydroxylation is 1. The van der Waals surface area contributed by atoms with Crippen LogP contribution in [0.25, 0.3) is 11.2 Å². The Hall–Kier alpha value is -4.21. The summed E-state index contributed by atoms with van der Waals surface area (Å²) in [6.45, 7) is 3.93. The van der Waals surface area contributed by atoms with E-state index in [1.54, 1.807) is 23.6 Å². The Kier molecular flexibility index (Phi) is 8.10. The zero-order chi connectivity index (χ0) is 29.3. The normalized spacial score (nSPS) is 13.3. The molecule has 2 aromatic heterocycles. The first-order chi connectivity index (χ1) is 19.7. The average molecular weight is 598 g/mol. The first kappa shape index (κ1) is 28.3. The van der Waals surface area contributed by atoms with E-state index in [0.717, 1.165) is 22.4 Å². The van der Waals surface area contributed by atoms with Crippen molar-refractivity contribution in [3.63, 3.8) is 0 Å². The number of hydrogen-bond donors (Lipinski definition) is 1. The van der Waals surface area contributed by atoms with Crippen LogP contribution in [0.2, 0.25) is 5.02 Å². The molecule has 0 radical (unpaired) electrons. The molecule has 4 aromatic rings. The summed E-state index contributed by atoms with van der Waals surface area (Å²) in [6.07, 6.45) is 0. The molecule has 0 amide bonds. The van der Waals surface area contributed by atoms with Crippen LogP contribution in [-0.4, -0.2) is 54.9 Å². The Morgan fingerprint density at radius 1 is 1.07 bits per heavy atom. The van der Waals surface area contributed by atoms with Crippen LogP contribution in [0.5, 0.6) is 0 Å². The van der Waals surface area contributed by atoms with Crippen molar-refractivity contribution in [2.24, 2.45) is 7.05 Å². The van der Waals surface area contributed by atoms with Gasteiger partial charge in [0.1, 0.15) is 0 Å². The van der Waals surface area contributed by atoms with Gasteiger partial charge in [0.05, 0.1) is 13.1 Å². The monoisotopic (exact) mass is 597 g/mol. The topological polar surface area (TPSA) is 80.3 Å². The molecule has 0 spiro atoms. The zero-order valence-corrected chi connectivity index (χ0v) is 23.9. The largest absolute Gasteiger partial charge is 0.345 e. The van der Waals surface area contributed by atoms with Gasteiger partial charge in [-0.25, -0.2) is 13.6 Å². The predicted molar refractivity (Wildman–Crippen MR) is 160 cm³/mol. The highest BCUT2D eigenvalue weighted by atomic mass is 35.5. The third kappa shape index (κ3) is 5.68. The van der Waals surface area contributed by atoms with E-state index < -0.39 is 22.9 Å². The van der Waals surface area contributed by atoms with E-state index in [2.05, 4.69) is 17.2 Å². The highest BCUT2D eigenvalue weighted by Crippen LogP contribution is 2.22. The summed E-state index contributed by atoms with van der Waals surface area (Å²) >= 11 is 11.7. The summed E-state index contributed by atoms with van der Waals surface area (Å²) in [6, 6.07) is 10.6. The fourth-order valence-corrected chi connectivity index (χ4v) is 5.24. The van der Waals surface area contributed by atoms with Crippen molar-refractivity contribution in [1.82, 2.24) is 23.6 Å². The first-order valence-corrected chi connectivity index (χ1v) is 13.6. The van der Waals surface area contributed by atoms with E-state index >= 15 is 0 Å². The molecule has 1 fully saturated rings. The Morgan fingerprint density at radius 3 is 2.51 bits per heavy atom. The van der Waals surface area contributed by atoms with E-state index in [9.17, 15) is 18.4 Å². The van der Waals surface area contributed by atoms with Gasteiger partial charge in [0.25, 0.3) is 5.56 Å². The lowest BCUT2D eigenvalue weighted by Crippen LogP contribution is -2.50. The van der Waals surface area contributed by atoms with Gasteiger partial charge in [-0.2, -0.15) is 4.98 Å². The van der Waals surface area contributed by atoms with Crippen LogP contribution >= 0.6 is 23.8 Å². The number of imidazole rings is 1. The molecule has 1 aliphatic heterocycles. The van der Waals surface area contributed by atoms with E-state index in [1.807, 2.05) is 21.9 Å². The third-order valence-corrected chi connectivity index (χ3v) is 7.47. The predicted octanol–water partition coefficient (Wildman–Crippen LogP) is 3.42. The Bertz CT molecular complexity index is 1830. The molecule has 5 rings (SSSR count). The molecular formula is C28H26ClF2N7O2S. The van der Waals surface area contributed by atoms with Gasteiger partial charge in [-0.05, 0) is 55.0 Å². The van der Waals surface area contributed by atoms with Crippen LogP contribution in [0.4, 0.5) is 20.4 Å². The number of nitrogens with zero attached hydrogens (tertiary/aromatic N) is 6. The number of rotatable bonds is 5. The molecule has 13 heteroatoms. The van der Waals surface area contributed by atoms with Gasteiger partial charge in [0.2, 0.25) is 5.95 Å². The second-order valence-corrected chi connectivity index (χ2v) is 10.3. The molecule has 1 N–H and O–H groups in total. The van der Waals surface area contributed by atoms with Crippen molar-refractivity contribution in [3.05, 3.63) is 85.5 Å². The van der Waals surface area contributed by atoms with Crippen molar-refractivity contribution in [1.29, 1.82) is 0 Å². The standard InChI is InChI=1S/C28H26ClF2N7O2S/c1-3-4-10-37-23-24(34(2)28(40)38(25(23)39)17-18-8-9-21(30)22(31)15-18)33-26(37)35-11-13-36(14-12-35)27(41)32-20-7-5-6-19(29)16-20/h5-9,15-16H,10-14,17H2,1-2H3,(H,32,41). The third-order valence-electron chi connectivity index (χ3n) is 6.88. The van der Waals surface area contributed by atoms with Crippen LogP contribution in [0.3, 0.4) is 0 Å². The Balaban J connectivity index is 1.46. The average Bonchev–Trinajstić information content (AvgIpc) is 3.34.